The van der Waals surface area contributed by atoms with Crippen molar-refractivity contribution in [1.82, 2.24) is 14.3 Å². The third-order valence-corrected chi connectivity index (χ3v) is 5.23. The number of pyridine rings is 1. The van der Waals surface area contributed by atoms with E-state index in [9.17, 15) is 4.79 Å². The van der Waals surface area contributed by atoms with Crippen LogP contribution in [0.1, 0.15) is 35.1 Å². The standard InChI is InChI=1S/C22H26N4O/c1-3-7-19-21(26-11-5-4-10-20(26)23-19)22(27)25-14-12-24(13-15-25)18-9-6-8-17(2)16-18/h4-6,8-11,16H,3,7,12-15H2,1-2H3. The maximum atomic E-state index is 13.3. The molecular weight excluding hydrogens is 336 g/mol. The smallest absolute Gasteiger partial charge is 0.272 e. The van der Waals surface area contributed by atoms with Gasteiger partial charge in [-0.3, -0.25) is 9.20 Å². The number of aromatic nitrogens is 2. The highest BCUT2D eigenvalue weighted by Gasteiger charge is 2.27. The Hall–Kier alpha value is -2.82. The van der Waals surface area contributed by atoms with Gasteiger partial charge in [0.25, 0.3) is 5.91 Å². The Balaban J connectivity index is 1.54. The van der Waals surface area contributed by atoms with Crippen LogP contribution in [0.2, 0.25) is 0 Å². The Morgan fingerprint density at radius 3 is 2.63 bits per heavy atom. The third kappa shape index (κ3) is 3.42. The second-order valence-electron chi connectivity index (χ2n) is 7.20. The monoisotopic (exact) mass is 362 g/mol. The number of carbonyl (C=O) groups excluding carboxylic acids is 1. The summed E-state index contributed by atoms with van der Waals surface area (Å²) in [5.74, 6) is 0.0982. The molecule has 1 aromatic carbocycles. The number of benzene rings is 1. The topological polar surface area (TPSA) is 40.9 Å². The Morgan fingerprint density at radius 1 is 1.07 bits per heavy atom. The first-order valence-corrected chi connectivity index (χ1v) is 9.74. The van der Waals surface area contributed by atoms with Gasteiger partial charge in [-0.25, -0.2) is 4.98 Å². The summed E-state index contributed by atoms with van der Waals surface area (Å²) in [5, 5.41) is 0. The van der Waals surface area contributed by atoms with Crippen LogP contribution in [0.5, 0.6) is 0 Å². The van der Waals surface area contributed by atoms with Gasteiger partial charge in [0, 0.05) is 38.1 Å². The van der Waals surface area contributed by atoms with Gasteiger partial charge >= 0.3 is 0 Å². The molecule has 0 atom stereocenters. The Kier molecular flexibility index (Phi) is 4.84. The van der Waals surface area contributed by atoms with Crippen LogP contribution in [0.4, 0.5) is 5.69 Å². The van der Waals surface area contributed by atoms with E-state index in [2.05, 4.69) is 43.0 Å². The number of amides is 1. The molecule has 0 radical (unpaired) electrons. The zero-order valence-electron chi connectivity index (χ0n) is 16.1. The highest BCUT2D eigenvalue weighted by Crippen LogP contribution is 2.21. The van der Waals surface area contributed by atoms with Crippen LogP contribution in [0.25, 0.3) is 5.65 Å². The molecule has 1 fully saturated rings. The summed E-state index contributed by atoms with van der Waals surface area (Å²) in [6, 6.07) is 14.5. The van der Waals surface area contributed by atoms with Crippen molar-refractivity contribution in [2.24, 2.45) is 0 Å². The summed E-state index contributed by atoms with van der Waals surface area (Å²) in [6.45, 7) is 7.42. The molecule has 0 saturated carbocycles. The van der Waals surface area contributed by atoms with Crippen LogP contribution < -0.4 is 4.90 Å². The zero-order valence-corrected chi connectivity index (χ0v) is 16.1. The SMILES string of the molecule is CCCc1nc2ccccn2c1C(=O)N1CCN(c2cccc(C)c2)CC1. The van der Waals surface area contributed by atoms with Gasteiger partial charge in [-0.2, -0.15) is 0 Å². The number of hydrogen-bond donors (Lipinski definition) is 0. The van der Waals surface area contributed by atoms with Crippen molar-refractivity contribution >= 4 is 17.2 Å². The number of nitrogens with zero attached hydrogens (tertiary/aromatic N) is 4. The highest BCUT2D eigenvalue weighted by atomic mass is 16.2. The number of piperazine rings is 1. The number of imidazole rings is 1. The van der Waals surface area contributed by atoms with Crippen LogP contribution in [0, 0.1) is 6.92 Å². The lowest BCUT2D eigenvalue weighted by Crippen LogP contribution is -2.49. The average Bonchev–Trinajstić information content (AvgIpc) is 3.06. The third-order valence-electron chi connectivity index (χ3n) is 5.23. The maximum Gasteiger partial charge on any atom is 0.272 e. The van der Waals surface area contributed by atoms with Crippen molar-refractivity contribution in [2.75, 3.05) is 31.1 Å². The van der Waals surface area contributed by atoms with Crippen molar-refractivity contribution in [3.8, 4) is 0 Å². The fourth-order valence-corrected chi connectivity index (χ4v) is 3.82. The normalized spacial score (nSPS) is 14.7. The van der Waals surface area contributed by atoms with E-state index in [1.165, 1.54) is 11.3 Å². The molecule has 0 unspecified atom stereocenters. The van der Waals surface area contributed by atoms with Crippen LogP contribution in [-0.2, 0) is 6.42 Å². The summed E-state index contributed by atoms with van der Waals surface area (Å²) < 4.78 is 1.94. The first kappa shape index (κ1) is 17.6. The predicted molar refractivity (Wildman–Crippen MR) is 108 cm³/mol. The molecule has 5 heteroatoms. The summed E-state index contributed by atoms with van der Waals surface area (Å²) in [6.07, 6.45) is 3.75. The fourth-order valence-electron chi connectivity index (χ4n) is 3.82. The number of rotatable bonds is 4. The second-order valence-corrected chi connectivity index (χ2v) is 7.20. The molecule has 140 valence electrons. The first-order valence-electron chi connectivity index (χ1n) is 9.74. The zero-order chi connectivity index (χ0) is 18.8. The van der Waals surface area contributed by atoms with E-state index in [-0.39, 0.29) is 5.91 Å². The largest absolute Gasteiger partial charge is 0.368 e. The molecule has 0 N–H and O–H groups in total. The van der Waals surface area contributed by atoms with Gasteiger partial charge in [0.15, 0.2) is 0 Å². The molecule has 2 aromatic heterocycles. The van der Waals surface area contributed by atoms with Gasteiger partial charge < -0.3 is 9.80 Å². The summed E-state index contributed by atoms with van der Waals surface area (Å²) in [4.78, 5) is 22.3. The molecule has 0 aliphatic carbocycles. The fraction of sp³-hybridized carbons (Fsp3) is 0.364. The summed E-state index contributed by atoms with van der Waals surface area (Å²) in [7, 11) is 0. The van der Waals surface area contributed by atoms with E-state index in [0.29, 0.717) is 0 Å². The Bertz CT molecular complexity index is 954. The van der Waals surface area contributed by atoms with Gasteiger partial charge in [-0.05, 0) is 43.2 Å². The molecule has 27 heavy (non-hydrogen) atoms. The number of anilines is 1. The average molecular weight is 362 g/mol. The molecule has 0 bridgehead atoms. The minimum Gasteiger partial charge on any atom is -0.368 e. The lowest BCUT2D eigenvalue weighted by molar-refractivity contribution is 0.0738. The Labute approximate surface area is 160 Å². The lowest BCUT2D eigenvalue weighted by atomic mass is 10.1. The summed E-state index contributed by atoms with van der Waals surface area (Å²) >= 11 is 0. The van der Waals surface area contributed by atoms with Crippen molar-refractivity contribution < 1.29 is 4.79 Å². The molecule has 0 spiro atoms. The number of fused-ring (bicyclic) bond motifs is 1. The van der Waals surface area contributed by atoms with Crippen molar-refractivity contribution in [3.63, 3.8) is 0 Å². The molecule has 1 saturated heterocycles. The van der Waals surface area contributed by atoms with Crippen molar-refractivity contribution in [2.45, 2.75) is 26.7 Å². The van der Waals surface area contributed by atoms with Gasteiger partial charge in [-0.1, -0.05) is 31.5 Å². The van der Waals surface area contributed by atoms with Crippen LogP contribution in [0.3, 0.4) is 0 Å². The van der Waals surface area contributed by atoms with Gasteiger partial charge in [0.2, 0.25) is 0 Å². The lowest BCUT2D eigenvalue weighted by Gasteiger charge is -2.36. The van der Waals surface area contributed by atoms with E-state index in [1.807, 2.05) is 33.7 Å². The molecule has 3 heterocycles. The minimum absolute atomic E-state index is 0.0982. The molecule has 1 aliphatic heterocycles. The van der Waals surface area contributed by atoms with Gasteiger partial charge in [0.05, 0.1) is 5.69 Å². The van der Waals surface area contributed by atoms with E-state index in [0.717, 1.165) is 56.1 Å². The number of carbonyl (C=O) groups is 1. The molecule has 3 aromatic rings. The van der Waals surface area contributed by atoms with Gasteiger partial charge in [-0.15, -0.1) is 0 Å². The molecular formula is C22H26N4O. The number of hydrogen-bond acceptors (Lipinski definition) is 3. The minimum atomic E-state index is 0.0982. The van der Waals surface area contributed by atoms with Crippen LogP contribution in [-0.4, -0.2) is 46.4 Å². The first-order chi connectivity index (χ1) is 13.2. The molecule has 5 nitrogen and oxygen atoms in total. The highest BCUT2D eigenvalue weighted by molar-refractivity contribution is 5.95. The predicted octanol–water partition coefficient (Wildman–Crippen LogP) is 3.56. The molecule has 1 aliphatic rings. The second kappa shape index (κ2) is 7.43. The number of aryl methyl sites for hydroxylation is 2. The van der Waals surface area contributed by atoms with E-state index in [1.54, 1.807) is 0 Å². The quantitative estimate of drug-likeness (QED) is 0.713. The van der Waals surface area contributed by atoms with E-state index in [4.69, 9.17) is 4.98 Å². The van der Waals surface area contributed by atoms with E-state index < -0.39 is 0 Å². The van der Waals surface area contributed by atoms with Crippen molar-refractivity contribution in [3.05, 3.63) is 65.6 Å². The molecule has 4 rings (SSSR count). The maximum absolute atomic E-state index is 13.3. The van der Waals surface area contributed by atoms with Gasteiger partial charge in [0.1, 0.15) is 11.3 Å². The van der Waals surface area contributed by atoms with Crippen molar-refractivity contribution in [1.29, 1.82) is 0 Å². The molecule has 1 amide bonds. The Morgan fingerprint density at radius 2 is 1.89 bits per heavy atom. The van der Waals surface area contributed by atoms with Crippen LogP contribution in [0.15, 0.2) is 48.7 Å². The van der Waals surface area contributed by atoms with Crippen LogP contribution >= 0.6 is 0 Å². The van der Waals surface area contributed by atoms with E-state index >= 15 is 0 Å². The summed E-state index contributed by atoms with van der Waals surface area (Å²) in [5.41, 5.74) is 5.00.